The topological polar surface area (TPSA) is 81.3 Å². The van der Waals surface area contributed by atoms with E-state index in [1.54, 1.807) is 6.92 Å². The van der Waals surface area contributed by atoms with Gasteiger partial charge >= 0.3 is 0 Å². The van der Waals surface area contributed by atoms with Crippen LogP contribution in [0.2, 0.25) is 5.02 Å². The van der Waals surface area contributed by atoms with Gasteiger partial charge in [-0.1, -0.05) is 23.7 Å². The highest BCUT2D eigenvalue weighted by Crippen LogP contribution is 2.38. The number of hydrogen-bond donors (Lipinski definition) is 2. The fraction of sp³-hybridized carbons (Fsp3) is 0.382. The van der Waals surface area contributed by atoms with Crippen LogP contribution in [0.1, 0.15) is 36.2 Å². The number of fused-ring (bicyclic) bond motifs is 3. The first-order chi connectivity index (χ1) is 21.3. The Balaban J connectivity index is 0.000000328. The molecule has 0 aliphatic carbocycles. The van der Waals surface area contributed by atoms with Crippen molar-refractivity contribution >= 4 is 28.4 Å². The molecule has 6 rings (SSSR count). The number of carbonyl (C=O) groups excluding carboxylic acids is 1. The number of ether oxygens (including phenoxy) is 2. The fourth-order valence-corrected chi connectivity index (χ4v) is 6.09. The van der Waals surface area contributed by atoms with Crippen molar-refractivity contribution in [1.82, 2.24) is 19.7 Å². The van der Waals surface area contributed by atoms with Gasteiger partial charge in [-0.3, -0.25) is 14.6 Å². The number of piperazine rings is 1. The van der Waals surface area contributed by atoms with Crippen LogP contribution in [0, 0.1) is 5.82 Å². The molecule has 1 saturated heterocycles. The summed E-state index contributed by atoms with van der Waals surface area (Å²) in [6.45, 7) is 7.54. The van der Waals surface area contributed by atoms with E-state index in [0.29, 0.717) is 12.4 Å². The van der Waals surface area contributed by atoms with Gasteiger partial charge in [0, 0.05) is 67.8 Å². The molecule has 1 unspecified atom stereocenters. The molecule has 1 aromatic heterocycles. The lowest BCUT2D eigenvalue weighted by Crippen LogP contribution is -2.48. The standard InChI is InChI=1S/C27H33ClN4O2.C7H7FO2/c1-19(33)32-15-13-31(14-16-32)11-3-17-34-22-7-4-20(5-8-22)27-26-23(10-12-30(27)2)24-18-21(28)6-9-25(24)29-26;8-6-1-3-7(4-2-6)10-5-9/h4-9,18,27,29H,3,10-17H2,1-2H3;1-4,9H,5H2. The molecular weight excluding hydrogens is 583 g/mol. The Bertz CT molecular complexity index is 1520. The summed E-state index contributed by atoms with van der Waals surface area (Å²) in [5, 5.41) is 10.3. The fourth-order valence-electron chi connectivity index (χ4n) is 5.92. The maximum Gasteiger partial charge on any atom is 0.219 e. The van der Waals surface area contributed by atoms with Crippen LogP contribution >= 0.6 is 11.6 Å². The highest BCUT2D eigenvalue weighted by atomic mass is 35.5. The second-order valence-electron chi connectivity index (χ2n) is 11.2. The summed E-state index contributed by atoms with van der Waals surface area (Å²) in [4.78, 5) is 21.9. The van der Waals surface area contributed by atoms with Gasteiger partial charge in [0.25, 0.3) is 0 Å². The van der Waals surface area contributed by atoms with E-state index >= 15 is 0 Å². The number of amides is 1. The van der Waals surface area contributed by atoms with Crippen molar-refractivity contribution in [2.24, 2.45) is 0 Å². The number of nitrogens with zero attached hydrogens (tertiary/aromatic N) is 3. The zero-order valence-corrected chi connectivity index (χ0v) is 26.0. The van der Waals surface area contributed by atoms with E-state index in [4.69, 9.17) is 21.4 Å². The van der Waals surface area contributed by atoms with Crippen LogP contribution in [0.5, 0.6) is 11.5 Å². The number of carbonyl (C=O) groups is 1. The summed E-state index contributed by atoms with van der Waals surface area (Å²) in [5.41, 5.74) is 5.06. The number of aromatic amines is 1. The minimum atomic E-state index is -0.383. The molecule has 234 valence electrons. The molecule has 4 aromatic rings. The van der Waals surface area contributed by atoms with E-state index in [9.17, 15) is 9.18 Å². The number of nitrogens with one attached hydrogen (secondary N) is 1. The molecule has 2 aliphatic heterocycles. The second kappa shape index (κ2) is 14.9. The van der Waals surface area contributed by atoms with Gasteiger partial charge < -0.3 is 24.5 Å². The van der Waals surface area contributed by atoms with Crippen LogP contribution in [-0.2, 0) is 11.2 Å². The molecule has 0 radical (unpaired) electrons. The summed E-state index contributed by atoms with van der Waals surface area (Å²) >= 11 is 6.28. The van der Waals surface area contributed by atoms with E-state index in [2.05, 4.69) is 63.0 Å². The molecule has 3 aromatic carbocycles. The number of hydrogen-bond acceptors (Lipinski definition) is 6. The molecular formula is C34H40ClFN4O4. The van der Waals surface area contributed by atoms with Crippen molar-refractivity contribution in [2.75, 3.05) is 59.7 Å². The molecule has 8 nitrogen and oxygen atoms in total. The summed E-state index contributed by atoms with van der Waals surface area (Å²) in [5.74, 6) is 1.23. The van der Waals surface area contributed by atoms with Crippen molar-refractivity contribution < 1.29 is 23.8 Å². The number of benzene rings is 3. The van der Waals surface area contributed by atoms with Gasteiger partial charge in [0.2, 0.25) is 5.91 Å². The van der Waals surface area contributed by atoms with Gasteiger partial charge in [-0.25, -0.2) is 4.39 Å². The molecule has 0 saturated carbocycles. The van der Waals surface area contributed by atoms with Crippen molar-refractivity contribution in [3.05, 3.63) is 94.4 Å². The first kappa shape index (κ1) is 31.8. The number of halogens is 2. The Morgan fingerprint density at radius 1 is 0.977 bits per heavy atom. The summed E-state index contributed by atoms with van der Waals surface area (Å²) < 4.78 is 22.9. The highest BCUT2D eigenvalue weighted by Gasteiger charge is 2.29. The number of aromatic nitrogens is 1. The van der Waals surface area contributed by atoms with E-state index in [-0.39, 0.29) is 24.6 Å². The van der Waals surface area contributed by atoms with Crippen molar-refractivity contribution in [3.8, 4) is 11.5 Å². The molecule has 2 aliphatic rings. The minimum Gasteiger partial charge on any atom is -0.494 e. The Kier molecular flexibility index (Phi) is 10.8. The highest BCUT2D eigenvalue weighted by molar-refractivity contribution is 6.31. The molecule has 0 bridgehead atoms. The first-order valence-corrected chi connectivity index (χ1v) is 15.4. The Hall–Kier alpha value is -3.63. The maximum absolute atomic E-state index is 12.2. The average molecular weight is 623 g/mol. The zero-order chi connectivity index (χ0) is 31.1. The second-order valence-corrected chi connectivity index (χ2v) is 11.6. The summed E-state index contributed by atoms with van der Waals surface area (Å²) in [7, 11) is 2.19. The molecule has 44 heavy (non-hydrogen) atoms. The smallest absolute Gasteiger partial charge is 0.219 e. The van der Waals surface area contributed by atoms with Crippen LogP contribution < -0.4 is 9.47 Å². The predicted octanol–water partition coefficient (Wildman–Crippen LogP) is 5.49. The quantitative estimate of drug-likeness (QED) is 0.200. The van der Waals surface area contributed by atoms with Crippen LogP contribution in [0.25, 0.3) is 10.9 Å². The lowest BCUT2D eigenvalue weighted by atomic mass is 9.93. The van der Waals surface area contributed by atoms with Gasteiger partial charge in [-0.15, -0.1) is 0 Å². The lowest BCUT2D eigenvalue weighted by Gasteiger charge is -2.34. The normalized spacial score (nSPS) is 17.1. The average Bonchev–Trinajstić information content (AvgIpc) is 3.39. The van der Waals surface area contributed by atoms with Crippen LogP contribution in [-0.4, -0.2) is 90.4 Å². The summed E-state index contributed by atoms with van der Waals surface area (Å²) in [6, 6.07) is 20.3. The maximum atomic E-state index is 12.2. The largest absolute Gasteiger partial charge is 0.494 e. The van der Waals surface area contributed by atoms with E-state index in [1.807, 2.05) is 11.0 Å². The van der Waals surface area contributed by atoms with Gasteiger partial charge in [0.15, 0.2) is 6.79 Å². The minimum absolute atomic E-state index is 0.177. The Morgan fingerprint density at radius 2 is 1.66 bits per heavy atom. The number of likely N-dealkylation sites (N-methyl/N-ethyl adjacent to an activating group) is 1. The third-order valence-electron chi connectivity index (χ3n) is 8.28. The van der Waals surface area contributed by atoms with E-state index in [1.165, 1.54) is 46.5 Å². The first-order valence-electron chi connectivity index (χ1n) is 15.0. The number of H-pyrrole nitrogens is 1. The molecule has 3 heterocycles. The predicted molar refractivity (Wildman–Crippen MR) is 171 cm³/mol. The van der Waals surface area contributed by atoms with Crippen LogP contribution in [0.15, 0.2) is 66.7 Å². The van der Waals surface area contributed by atoms with Gasteiger partial charge in [-0.05, 0) is 85.6 Å². The molecule has 1 fully saturated rings. The number of aliphatic hydroxyl groups is 1. The molecule has 10 heteroatoms. The van der Waals surface area contributed by atoms with Crippen LogP contribution in [0.3, 0.4) is 0 Å². The molecule has 1 atom stereocenters. The Labute approximate surface area is 262 Å². The zero-order valence-electron chi connectivity index (χ0n) is 25.3. The van der Waals surface area contributed by atoms with Gasteiger partial charge in [0.05, 0.1) is 12.6 Å². The van der Waals surface area contributed by atoms with Crippen LogP contribution in [0.4, 0.5) is 4.39 Å². The Morgan fingerprint density at radius 3 is 2.34 bits per heavy atom. The monoisotopic (exact) mass is 622 g/mol. The van der Waals surface area contributed by atoms with E-state index < -0.39 is 0 Å². The number of aliphatic hydroxyl groups excluding tert-OH is 1. The third kappa shape index (κ3) is 7.90. The van der Waals surface area contributed by atoms with Gasteiger partial charge in [-0.2, -0.15) is 0 Å². The van der Waals surface area contributed by atoms with E-state index in [0.717, 1.165) is 68.4 Å². The molecule has 1 amide bonds. The SMILES string of the molecule is CC(=O)N1CCN(CCCOc2ccc(C3c4[nH]c5ccc(Cl)cc5c4CCN3C)cc2)CC1.OCOc1ccc(F)cc1. The van der Waals surface area contributed by atoms with Crippen molar-refractivity contribution in [3.63, 3.8) is 0 Å². The van der Waals surface area contributed by atoms with Crippen molar-refractivity contribution in [1.29, 1.82) is 0 Å². The molecule has 2 N–H and O–H groups in total. The van der Waals surface area contributed by atoms with Crippen molar-refractivity contribution in [2.45, 2.75) is 25.8 Å². The summed E-state index contributed by atoms with van der Waals surface area (Å²) in [6.07, 6.45) is 2.00. The number of rotatable bonds is 8. The third-order valence-corrected chi connectivity index (χ3v) is 8.51. The molecule has 0 spiro atoms. The van der Waals surface area contributed by atoms with Gasteiger partial charge in [0.1, 0.15) is 17.3 Å². The lowest BCUT2D eigenvalue weighted by molar-refractivity contribution is -0.130.